The van der Waals surface area contributed by atoms with E-state index in [-0.39, 0.29) is 0 Å². The summed E-state index contributed by atoms with van der Waals surface area (Å²) in [6.07, 6.45) is 3.63. The molecule has 0 radical (unpaired) electrons. The van der Waals surface area contributed by atoms with E-state index in [1.54, 1.807) is 6.08 Å². The average molecular weight is 177 g/mol. The summed E-state index contributed by atoms with van der Waals surface area (Å²) in [5.74, 6) is 0. The number of benzene rings is 1. The summed E-state index contributed by atoms with van der Waals surface area (Å²) < 4.78 is 4.49. The molecular weight excluding hydrogens is 166 g/mol. The molecule has 0 aliphatic heterocycles. The number of nitrogen functional groups attached to an aromatic ring is 1. The number of anilines is 1. The Morgan fingerprint density at radius 3 is 2.62 bits per heavy atom. The molecule has 0 aromatic heterocycles. The highest BCUT2D eigenvalue weighted by molar-refractivity contribution is 5.53. The number of ether oxygens (including phenoxy) is 1. The van der Waals surface area contributed by atoms with E-state index in [1.165, 1.54) is 0 Å². The summed E-state index contributed by atoms with van der Waals surface area (Å²) in [6, 6.07) is 7.43. The van der Waals surface area contributed by atoms with Crippen molar-refractivity contribution >= 4 is 18.2 Å². The molecule has 13 heavy (non-hydrogen) atoms. The lowest BCUT2D eigenvalue weighted by Gasteiger charge is -1.94. The van der Waals surface area contributed by atoms with Crippen molar-refractivity contribution in [2.75, 3.05) is 12.3 Å². The fourth-order valence-electron chi connectivity index (χ4n) is 0.886. The summed E-state index contributed by atoms with van der Waals surface area (Å²) in [6.45, 7) is 0.723. The van der Waals surface area contributed by atoms with Crippen molar-refractivity contribution in [2.24, 2.45) is 0 Å². The molecule has 1 rings (SSSR count). The van der Waals surface area contributed by atoms with Crippen molar-refractivity contribution in [2.45, 2.75) is 0 Å². The molecule has 0 amide bonds. The van der Waals surface area contributed by atoms with E-state index >= 15 is 0 Å². The highest BCUT2D eigenvalue weighted by Crippen LogP contribution is 2.06. The lowest BCUT2D eigenvalue weighted by molar-refractivity contribution is -0.127. The average Bonchev–Trinajstić information content (AvgIpc) is 2.15. The molecule has 0 saturated carbocycles. The summed E-state index contributed by atoms with van der Waals surface area (Å²) in [5, 5.41) is 0. The van der Waals surface area contributed by atoms with Crippen LogP contribution in [0.2, 0.25) is 0 Å². The molecule has 0 atom stereocenters. The second-order valence-electron chi connectivity index (χ2n) is 2.50. The zero-order valence-electron chi connectivity index (χ0n) is 7.14. The third-order valence-electron chi connectivity index (χ3n) is 1.51. The molecule has 2 N–H and O–H groups in total. The minimum atomic E-state index is 0.299. The number of hydrogen-bond donors (Lipinski definition) is 1. The predicted molar refractivity (Wildman–Crippen MR) is 51.9 cm³/mol. The molecule has 0 saturated heterocycles. The summed E-state index contributed by atoms with van der Waals surface area (Å²) in [5.41, 5.74) is 7.28. The second-order valence-corrected chi connectivity index (χ2v) is 2.50. The van der Waals surface area contributed by atoms with Crippen molar-refractivity contribution in [3.63, 3.8) is 0 Å². The maximum atomic E-state index is 9.79. The van der Waals surface area contributed by atoms with Gasteiger partial charge in [0.05, 0.1) is 0 Å². The maximum Gasteiger partial charge on any atom is 0.293 e. The molecule has 0 unspecified atom stereocenters. The van der Waals surface area contributed by atoms with Gasteiger partial charge < -0.3 is 10.5 Å². The van der Waals surface area contributed by atoms with Crippen molar-refractivity contribution in [1.82, 2.24) is 0 Å². The van der Waals surface area contributed by atoms with E-state index in [1.807, 2.05) is 30.3 Å². The Kier molecular flexibility index (Phi) is 3.57. The molecule has 1 aromatic rings. The van der Waals surface area contributed by atoms with Gasteiger partial charge in [-0.05, 0) is 23.8 Å². The van der Waals surface area contributed by atoms with Gasteiger partial charge >= 0.3 is 0 Å². The highest BCUT2D eigenvalue weighted by atomic mass is 16.5. The first-order valence-electron chi connectivity index (χ1n) is 3.90. The van der Waals surface area contributed by atoms with Crippen molar-refractivity contribution in [3.8, 4) is 0 Å². The number of hydrogen-bond acceptors (Lipinski definition) is 3. The van der Waals surface area contributed by atoms with Gasteiger partial charge in [-0.15, -0.1) is 0 Å². The Bertz CT molecular complexity index is 290. The van der Waals surface area contributed by atoms with Crippen LogP contribution in [0.5, 0.6) is 0 Å². The monoisotopic (exact) mass is 177 g/mol. The lowest BCUT2D eigenvalue weighted by atomic mass is 10.2. The van der Waals surface area contributed by atoms with E-state index in [9.17, 15) is 4.79 Å². The summed E-state index contributed by atoms with van der Waals surface area (Å²) >= 11 is 0. The Morgan fingerprint density at radius 2 is 2.00 bits per heavy atom. The van der Waals surface area contributed by atoms with Crippen LogP contribution in [0.15, 0.2) is 30.3 Å². The maximum absolute atomic E-state index is 9.79. The normalized spacial score (nSPS) is 10.2. The van der Waals surface area contributed by atoms with E-state index in [2.05, 4.69) is 4.74 Å². The third kappa shape index (κ3) is 3.42. The predicted octanol–water partition coefficient (Wildman–Crippen LogP) is 1.46. The molecule has 0 spiro atoms. The number of carbonyl (C=O) groups is 1. The van der Waals surface area contributed by atoms with E-state index in [0.29, 0.717) is 13.1 Å². The van der Waals surface area contributed by atoms with Gasteiger partial charge in [-0.3, -0.25) is 4.79 Å². The molecule has 0 aliphatic carbocycles. The summed E-state index contributed by atoms with van der Waals surface area (Å²) in [7, 11) is 0. The zero-order chi connectivity index (χ0) is 9.52. The number of rotatable bonds is 4. The van der Waals surface area contributed by atoms with Gasteiger partial charge in [-0.2, -0.15) is 0 Å². The number of nitrogens with two attached hydrogens (primary N) is 1. The van der Waals surface area contributed by atoms with Crippen LogP contribution in [0.1, 0.15) is 5.56 Å². The largest absolute Gasteiger partial charge is 0.464 e. The van der Waals surface area contributed by atoms with Crippen LogP contribution in [0, 0.1) is 0 Å². The smallest absolute Gasteiger partial charge is 0.293 e. The molecule has 1 aromatic carbocycles. The molecule has 0 bridgehead atoms. The zero-order valence-corrected chi connectivity index (χ0v) is 7.14. The standard InChI is InChI=1S/C10H11NO2/c11-10-5-3-9(4-6-10)2-1-7-13-8-12/h1-6,8H,7,11H2/b2-1+. The SMILES string of the molecule is Nc1ccc(/C=C/COC=O)cc1. The van der Waals surface area contributed by atoms with Crippen LogP contribution in [-0.2, 0) is 9.53 Å². The molecule has 3 heteroatoms. The van der Waals surface area contributed by atoms with Crippen LogP contribution in [0.25, 0.3) is 6.08 Å². The van der Waals surface area contributed by atoms with Crippen LogP contribution >= 0.6 is 0 Å². The Balaban J connectivity index is 2.49. The molecular formula is C10H11NO2. The fourth-order valence-corrected chi connectivity index (χ4v) is 0.886. The van der Waals surface area contributed by atoms with Gasteiger partial charge in [-0.25, -0.2) is 0 Å². The number of carbonyl (C=O) groups excluding carboxylic acids is 1. The quantitative estimate of drug-likeness (QED) is 0.430. The van der Waals surface area contributed by atoms with E-state index in [0.717, 1.165) is 11.3 Å². The van der Waals surface area contributed by atoms with Crippen molar-refractivity contribution in [1.29, 1.82) is 0 Å². The Hall–Kier alpha value is -1.77. The van der Waals surface area contributed by atoms with Gasteiger partial charge in [-0.1, -0.05) is 18.2 Å². The molecule has 0 heterocycles. The lowest BCUT2D eigenvalue weighted by Crippen LogP contribution is -1.86. The van der Waals surface area contributed by atoms with Gasteiger partial charge in [0.15, 0.2) is 0 Å². The van der Waals surface area contributed by atoms with Crippen LogP contribution in [0.3, 0.4) is 0 Å². The Morgan fingerprint density at radius 1 is 1.31 bits per heavy atom. The van der Waals surface area contributed by atoms with E-state index < -0.39 is 0 Å². The van der Waals surface area contributed by atoms with E-state index in [4.69, 9.17) is 5.73 Å². The van der Waals surface area contributed by atoms with Crippen LogP contribution < -0.4 is 5.73 Å². The minimum absolute atomic E-state index is 0.299. The fraction of sp³-hybridized carbons (Fsp3) is 0.100. The summed E-state index contributed by atoms with van der Waals surface area (Å²) in [4.78, 5) is 9.79. The second kappa shape index (κ2) is 4.98. The third-order valence-corrected chi connectivity index (χ3v) is 1.51. The molecule has 0 fully saturated rings. The highest BCUT2D eigenvalue weighted by Gasteiger charge is 1.85. The van der Waals surface area contributed by atoms with Crippen molar-refractivity contribution in [3.05, 3.63) is 35.9 Å². The first-order chi connectivity index (χ1) is 6.33. The van der Waals surface area contributed by atoms with Gasteiger partial charge in [0, 0.05) is 5.69 Å². The molecule has 68 valence electrons. The topological polar surface area (TPSA) is 52.3 Å². The Labute approximate surface area is 76.8 Å². The first-order valence-corrected chi connectivity index (χ1v) is 3.90. The molecule has 0 aliphatic rings. The van der Waals surface area contributed by atoms with Crippen molar-refractivity contribution < 1.29 is 9.53 Å². The van der Waals surface area contributed by atoms with Gasteiger partial charge in [0.25, 0.3) is 6.47 Å². The van der Waals surface area contributed by atoms with Crippen LogP contribution in [0.4, 0.5) is 5.69 Å². The first kappa shape index (κ1) is 9.32. The molecule has 3 nitrogen and oxygen atoms in total. The van der Waals surface area contributed by atoms with Gasteiger partial charge in [0.1, 0.15) is 6.61 Å². The van der Waals surface area contributed by atoms with Crippen LogP contribution in [-0.4, -0.2) is 13.1 Å². The van der Waals surface area contributed by atoms with Gasteiger partial charge in [0.2, 0.25) is 0 Å². The minimum Gasteiger partial charge on any atom is -0.464 e.